The molecule has 4 fully saturated rings. The first-order valence-corrected chi connectivity index (χ1v) is 10.2. The second-order valence-electron chi connectivity index (χ2n) is 10.0. The number of ketones is 1. The topological polar surface area (TPSA) is 57.5 Å². The molecule has 3 unspecified atom stereocenters. The van der Waals surface area contributed by atoms with Crippen LogP contribution in [0.15, 0.2) is 0 Å². The Bertz CT molecular complexity index is 529. The van der Waals surface area contributed by atoms with Crippen molar-refractivity contribution < 1.29 is 15.0 Å². The van der Waals surface area contributed by atoms with Crippen LogP contribution in [0.1, 0.15) is 72.1 Å². The van der Waals surface area contributed by atoms with Gasteiger partial charge in [-0.1, -0.05) is 13.8 Å². The number of carbonyl (C=O) groups is 1. The molecule has 24 heavy (non-hydrogen) atoms. The first-order chi connectivity index (χ1) is 11.3. The maximum Gasteiger partial charge on any atom is 0.136 e. The van der Waals surface area contributed by atoms with E-state index in [1.54, 1.807) is 0 Å². The van der Waals surface area contributed by atoms with Gasteiger partial charge in [-0.2, -0.15) is 0 Å². The van der Waals surface area contributed by atoms with E-state index < -0.39 is 0 Å². The van der Waals surface area contributed by atoms with Crippen molar-refractivity contribution in [1.82, 2.24) is 0 Å². The molecule has 0 radical (unpaired) electrons. The lowest BCUT2D eigenvalue weighted by Gasteiger charge is -2.60. The number of Topliss-reactive ketones (excluding diaryl/α,β-unsaturated/α-hetero) is 1. The van der Waals surface area contributed by atoms with Crippen LogP contribution in [-0.2, 0) is 4.79 Å². The third kappa shape index (κ3) is 2.19. The van der Waals surface area contributed by atoms with Crippen LogP contribution < -0.4 is 0 Å². The number of hydrogen-bond donors (Lipinski definition) is 2. The van der Waals surface area contributed by atoms with Crippen LogP contribution in [0.5, 0.6) is 0 Å². The zero-order valence-electron chi connectivity index (χ0n) is 15.5. The summed E-state index contributed by atoms with van der Waals surface area (Å²) >= 11 is 0. The first-order valence-electron chi connectivity index (χ1n) is 10.2. The molecular weight excluding hydrogens is 300 g/mol. The zero-order valence-corrected chi connectivity index (χ0v) is 15.5. The summed E-state index contributed by atoms with van der Waals surface area (Å²) in [5, 5.41) is 20.4. The number of carbonyl (C=O) groups excluding carboxylic acids is 1. The Labute approximate surface area is 146 Å². The highest BCUT2D eigenvalue weighted by molar-refractivity contribution is 5.83. The fraction of sp³-hybridized carbons (Fsp3) is 0.952. The predicted octanol–water partition coefficient (Wildman–Crippen LogP) is 3.57. The van der Waals surface area contributed by atoms with Crippen LogP contribution in [0.3, 0.4) is 0 Å². The van der Waals surface area contributed by atoms with Gasteiger partial charge in [-0.25, -0.2) is 0 Å². The Morgan fingerprint density at radius 2 is 1.71 bits per heavy atom. The first kappa shape index (κ1) is 17.0. The molecule has 3 heteroatoms. The highest BCUT2D eigenvalue weighted by Gasteiger charge is 2.62. The van der Waals surface area contributed by atoms with Crippen molar-refractivity contribution in [2.75, 3.05) is 0 Å². The van der Waals surface area contributed by atoms with Gasteiger partial charge in [0.2, 0.25) is 0 Å². The molecule has 136 valence electrons. The summed E-state index contributed by atoms with van der Waals surface area (Å²) in [6, 6.07) is 0. The molecule has 0 heterocycles. The van der Waals surface area contributed by atoms with Gasteiger partial charge in [-0.3, -0.25) is 4.79 Å². The standard InChI is InChI=1S/C21H34O3/c1-12(22)15-4-5-16-14-11-19(24)18-10-13(23)6-8-21(18,3)17(14)7-9-20(15,16)2/h12-18,22-23H,4-11H2,1-3H3/t12?,13?,14-,15+,16-,17-,18?,20+,21+/m0/s1. The molecule has 0 aromatic heterocycles. The number of aliphatic hydroxyl groups is 2. The molecule has 4 rings (SSSR count). The molecule has 0 amide bonds. The minimum atomic E-state index is -0.275. The average Bonchev–Trinajstić information content (AvgIpc) is 2.87. The average molecular weight is 335 g/mol. The second kappa shape index (κ2) is 5.54. The number of fused-ring (bicyclic) bond motifs is 5. The van der Waals surface area contributed by atoms with Gasteiger partial charge in [0.05, 0.1) is 12.2 Å². The molecule has 0 bridgehead atoms. The maximum atomic E-state index is 13.0. The molecule has 9 atom stereocenters. The van der Waals surface area contributed by atoms with Crippen molar-refractivity contribution in [3.8, 4) is 0 Å². The van der Waals surface area contributed by atoms with E-state index in [0.29, 0.717) is 35.9 Å². The third-order valence-electron chi connectivity index (χ3n) is 9.09. The fourth-order valence-electron chi connectivity index (χ4n) is 7.85. The van der Waals surface area contributed by atoms with E-state index in [1.807, 2.05) is 6.92 Å². The summed E-state index contributed by atoms with van der Waals surface area (Å²) in [6.07, 6.45) is 7.49. The largest absolute Gasteiger partial charge is 0.393 e. The van der Waals surface area contributed by atoms with Gasteiger partial charge in [0, 0.05) is 12.3 Å². The van der Waals surface area contributed by atoms with Crippen molar-refractivity contribution in [3.05, 3.63) is 0 Å². The summed E-state index contributed by atoms with van der Waals surface area (Å²) in [5.74, 6) is 2.65. The highest BCUT2D eigenvalue weighted by Crippen LogP contribution is 2.67. The molecule has 4 aliphatic carbocycles. The normalized spacial score (nSPS) is 55.5. The lowest BCUT2D eigenvalue weighted by molar-refractivity contribution is -0.160. The van der Waals surface area contributed by atoms with Crippen LogP contribution in [0, 0.1) is 40.4 Å². The van der Waals surface area contributed by atoms with Crippen LogP contribution in [-0.4, -0.2) is 28.2 Å². The van der Waals surface area contributed by atoms with Crippen LogP contribution >= 0.6 is 0 Å². The Balaban J connectivity index is 1.66. The van der Waals surface area contributed by atoms with Crippen LogP contribution in [0.4, 0.5) is 0 Å². The molecule has 0 aromatic rings. The van der Waals surface area contributed by atoms with Crippen molar-refractivity contribution in [2.45, 2.75) is 84.3 Å². The lowest BCUT2D eigenvalue weighted by Crippen LogP contribution is -2.57. The highest BCUT2D eigenvalue weighted by atomic mass is 16.3. The van der Waals surface area contributed by atoms with Crippen LogP contribution in [0.2, 0.25) is 0 Å². The summed E-state index contributed by atoms with van der Waals surface area (Å²) in [6.45, 7) is 6.69. The molecule has 2 N–H and O–H groups in total. The fourth-order valence-corrected chi connectivity index (χ4v) is 7.85. The minimum absolute atomic E-state index is 0.0841. The van der Waals surface area contributed by atoms with Gasteiger partial charge in [0.15, 0.2) is 0 Å². The molecule has 0 saturated heterocycles. The smallest absolute Gasteiger partial charge is 0.136 e. The number of aliphatic hydroxyl groups excluding tert-OH is 2. The van der Waals surface area contributed by atoms with E-state index in [2.05, 4.69) is 13.8 Å². The number of rotatable bonds is 1. The second-order valence-corrected chi connectivity index (χ2v) is 10.0. The van der Waals surface area contributed by atoms with E-state index >= 15 is 0 Å². The summed E-state index contributed by atoms with van der Waals surface area (Å²) in [4.78, 5) is 13.0. The van der Waals surface area contributed by atoms with Crippen molar-refractivity contribution in [2.24, 2.45) is 40.4 Å². The van der Waals surface area contributed by atoms with E-state index in [4.69, 9.17) is 0 Å². The van der Waals surface area contributed by atoms with Crippen molar-refractivity contribution in [1.29, 1.82) is 0 Å². The van der Waals surface area contributed by atoms with E-state index in [1.165, 1.54) is 19.3 Å². The summed E-state index contributed by atoms with van der Waals surface area (Å²) < 4.78 is 0. The Morgan fingerprint density at radius 1 is 1.04 bits per heavy atom. The third-order valence-corrected chi connectivity index (χ3v) is 9.09. The quantitative estimate of drug-likeness (QED) is 0.771. The van der Waals surface area contributed by atoms with Gasteiger partial charge in [-0.15, -0.1) is 0 Å². The molecule has 0 aromatic carbocycles. The SMILES string of the molecule is CC(O)[C@H]1CC[C@H]2[C@@H]3CC(=O)C4CC(O)CC[C@]4(C)[C@H]3CC[C@]12C. The Morgan fingerprint density at radius 3 is 2.42 bits per heavy atom. The van der Waals surface area contributed by atoms with Gasteiger partial charge in [-0.05, 0) is 86.4 Å². The van der Waals surface area contributed by atoms with Crippen molar-refractivity contribution >= 4 is 5.78 Å². The summed E-state index contributed by atoms with van der Waals surface area (Å²) in [7, 11) is 0. The molecule has 4 saturated carbocycles. The van der Waals surface area contributed by atoms with Gasteiger partial charge >= 0.3 is 0 Å². The van der Waals surface area contributed by atoms with E-state index in [9.17, 15) is 15.0 Å². The number of hydrogen-bond acceptors (Lipinski definition) is 3. The Hall–Kier alpha value is -0.410. The predicted molar refractivity (Wildman–Crippen MR) is 93.3 cm³/mol. The lowest BCUT2D eigenvalue weighted by atomic mass is 9.44. The molecule has 4 aliphatic rings. The Kier molecular flexibility index (Phi) is 3.93. The molecular formula is C21H34O3. The summed E-state index contributed by atoms with van der Waals surface area (Å²) in [5.41, 5.74) is 0.316. The maximum absolute atomic E-state index is 13.0. The zero-order chi connectivity index (χ0) is 17.3. The monoisotopic (exact) mass is 334 g/mol. The molecule has 0 aliphatic heterocycles. The van der Waals surface area contributed by atoms with Gasteiger partial charge < -0.3 is 10.2 Å². The van der Waals surface area contributed by atoms with Crippen molar-refractivity contribution in [3.63, 3.8) is 0 Å². The minimum Gasteiger partial charge on any atom is -0.393 e. The van der Waals surface area contributed by atoms with Crippen LogP contribution in [0.25, 0.3) is 0 Å². The molecule has 3 nitrogen and oxygen atoms in total. The molecule has 0 spiro atoms. The van der Waals surface area contributed by atoms with E-state index in [-0.39, 0.29) is 29.0 Å². The van der Waals surface area contributed by atoms with Gasteiger partial charge in [0.1, 0.15) is 5.78 Å². The van der Waals surface area contributed by atoms with Gasteiger partial charge in [0.25, 0.3) is 0 Å². The van der Waals surface area contributed by atoms with E-state index in [0.717, 1.165) is 25.7 Å².